The van der Waals surface area contributed by atoms with Gasteiger partial charge in [-0.15, -0.1) is 0 Å². The molecule has 0 saturated carbocycles. The third-order valence-corrected chi connectivity index (χ3v) is 1.71. The fraction of sp³-hybridized carbons (Fsp3) is 0.182. The molecule has 0 heterocycles. The maximum absolute atomic E-state index is 11.2. The lowest BCUT2D eigenvalue weighted by atomic mass is 10.1. The highest BCUT2D eigenvalue weighted by Crippen LogP contribution is 2.06. The number of carbonyl (C=O) groups is 1. The van der Waals surface area contributed by atoms with Crippen molar-refractivity contribution in [1.82, 2.24) is 0 Å². The van der Waals surface area contributed by atoms with Crippen molar-refractivity contribution < 1.29 is 14.6 Å². The predicted octanol–water partition coefficient (Wildman–Crippen LogP) is 1.48. The van der Waals surface area contributed by atoms with E-state index in [2.05, 4.69) is 6.58 Å². The Hall–Kier alpha value is -1.61. The SMILES string of the molecule is C=Cc1ccc(C(=O)OCCO)cc1. The first kappa shape index (κ1) is 10.5. The van der Waals surface area contributed by atoms with Crippen molar-refractivity contribution in [2.45, 2.75) is 0 Å². The molecule has 3 heteroatoms. The fourth-order valence-electron chi connectivity index (χ4n) is 0.977. The minimum Gasteiger partial charge on any atom is -0.460 e. The van der Waals surface area contributed by atoms with Gasteiger partial charge in [-0.1, -0.05) is 24.8 Å². The molecular formula is C11H12O3. The molecule has 0 aromatic heterocycles. The predicted molar refractivity (Wildman–Crippen MR) is 53.9 cm³/mol. The Bertz CT molecular complexity index is 314. The Kier molecular flexibility index (Phi) is 3.88. The second-order valence-corrected chi connectivity index (χ2v) is 2.69. The highest BCUT2D eigenvalue weighted by molar-refractivity contribution is 5.89. The van der Waals surface area contributed by atoms with Crippen LogP contribution in [0.15, 0.2) is 30.8 Å². The Balaban J connectivity index is 2.66. The van der Waals surface area contributed by atoms with Crippen LogP contribution in [0.3, 0.4) is 0 Å². The van der Waals surface area contributed by atoms with Gasteiger partial charge in [0, 0.05) is 0 Å². The summed E-state index contributed by atoms with van der Waals surface area (Å²) in [4.78, 5) is 11.2. The second kappa shape index (κ2) is 5.19. The number of hydrogen-bond donors (Lipinski definition) is 1. The summed E-state index contributed by atoms with van der Waals surface area (Å²) in [5.74, 6) is -0.422. The Morgan fingerprint density at radius 3 is 2.57 bits per heavy atom. The van der Waals surface area contributed by atoms with Crippen molar-refractivity contribution in [3.63, 3.8) is 0 Å². The topological polar surface area (TPSA) is 46.5 Å². The van der Waals surface area contributed by atoms with Crippen molar-refractivity contribution in [2.75, 3.05) is 13.2 Å². The van der Waals surface area contributed by atoms with Crippen LogP contribution in [0.1, 0.15) is 15.9 Å². The van der Waals surface area contributed by atoms with Gasteiger partial charge in [0.25, 0.3) is 0 Å². The van der Waals surface area contributed by atoms with Crippen LogP contribution >= 0.6 is 0 Å². The Labute approximate surface area is 82.6 Å². The van der Waals surface area contributed by atoms with E-state index in [1.165, 1.54) is 0 Å². The first-order chi connectivity index (χ1) is 6.77. The molecule has 0 aliphatic carbocycles. The Morgan fingerprint density at radius 2 is 2.07 bits per heavy atom. The maximum atomic E-state index is 11.2. The van der Waals surface area contributed by atoms with Gasteiger partial charge < -0.3 is 9.84 Å². The lowest BCUT2D eigenvalue weighted by molar-refractivity contribution is 0.0434. The first-order valence-corrected chi connectivity index (χ1v) is 4.28. The molecular weight excluding hydrogens is 180 g/mol. The zero-order valence-corrected chi connectivity index (χ0v) is 7.77. The standard InChI is InChI=1S/C11H12O3/c1-2-9-3-5-10(6-4-9)11(13)14-8-7-12/h2-6,12H,1,7-8H2. The molecule has 0 spiro atoms. The zero-order valence-electron chi connectivity index (χ0n) is 7.77. The molecule has 0 atom stereocenters. The number of rotatable bonds is 4. The molecule has 0 fully saturated rings. The van der Waals surface area contributed by atoms with E-state index in [1.54, 1.807) is 30.3 Å². The summed E-state index contributed by atoms with van der Waals surface area (Å²) in [6.45, 7) is 3.48. The van der Waals surface area contributed by atoms with Crippen LogP contribution in [0.4, 0.5) is 0 Å². The molecule has 74 valence electrons. The molecule has 1 aromatic rings. The van der Waals surface area contributed by atoms with Crippen molar-refractivity contribution in [3.8, 4) is 0 Å². The third kappa shape index (κ3) is 2.71. The first-order valence-electron chi connectivity index (χ1n) is 4.28. The number of aliphatic hydroxyl groups is 1. The zero-order chi connectivity index (χ0) is 10.4. The van der Waals surface area contributed by atoms with E-state index in [9.17, 15) is 4.79 Å². The van der Waals surface area contributed by atoms with Crippen LogP contribution in [0.2, 0.25) is 0 Å². The molecule has 14 heavy (non-hydrogen) atoms. The summed E-state index contributed by atoms with van der Waals surface area (Å²) >= 11 is 0. The molecule has 0 unspecified atom stereocenters. The quantitative estimate of drug-likeness (QED) is 0.735. The van der Waals surface area contributed by atoms with E-state index >= 15 is 0 Å². The summed E-state index contributed by atoms with van der Waals surface area (Å²) < 4.78 is 4.74. The van der Waals surface area contributed by atoms with Gasteiger partial charge in [0.2, 0.25) is 0 Å². The molecule has 0 amide bonds. The molecule has 3 nitrogen and oxygen atoms in total. The van der Waals surface area contributed by atoms with Gasteiger partial charge in [-0.05, 0) is 17.7 Å². The number of hydrogen-bond acceptors (Lipinski definition) is 3. The van der Waals surface area contributed by atoms with Crippen LogP contribution < -0.4 is 0 Å². The molecule has 1 rings (SSSR count). The number of aliphatic hydroxyl groups excluding tert-OH is 1. The molecule has 1 N–H and O–H groups in total. The van der Waals surface area contributed by atoms with Gasteiger partial charge in [-0.3, -0.25) is 0 Å². The van der Waals surface area contributed by atoms with E-state index in [-0.39, 0.29) is 13.2 Å². The van der Waals surface area contributed by atoms with Crippen LogP contribution in [0.5, 0.6) is 0 Å². The number of esters is 1. The summed E-state index contributed by atoms with van der Waals surface area (Å²) in [6.07, 6.45) is 1.70. The van der Waals surface area contributed by atoms with Gasteiger partial charge in [0.15, 0.2) is 0 Å². The van der Waals surface area contributed by atoms with E-state index in [1.807, 2.05) is 0 Å². The van der Waals surface area contributed by atoms with Gasteiger partial charge in [0.1, 0.15) is 6.61 Å². The highest BCUT2D eigenvalue weighted by atomic mass is 16.5. The molecule has 0 saturated heterocycles. The summed E-state index contributed by atoms with van der Waals surface area (Å²) in [5.41, 5.74) is 1.42. The summed E-state index contributed by atoms with van der Waals surface area (Å²) in [5, 5.41) is 8.45. The van der Waals surface area contributed by atoms with Crippen molar-refractivity contribution in [1.29, 1.82) is 0 Å². The lowest BCUT2D eigenvalue weighted by Gasteiger charge is -2.02. The minimum absolute atomic E-state index is 0.0298. The average molecular weight is 192 g/mol. The largest absolute Gasteiger partial charge is 0.460 e. The number of benzene rings is 1. The molecule has 0 radical (unpaired) electrons. The van der Waals surface area contributed by atoms with E-state index in [0.29, 0.717) is 5.56 Å². The van der Waals surface area contributed by atoms with Crippen LogP contribution in [0, 0.1) is 0 Å². The fourth-order valence-corrected chi connectivity index (χ4v) is 0.977. The van der Waals surface area contributed by atoms with Gasteiger partial charge in [0.05, 0.1) is 12.2 Å². The number of ether oxygens (including phenoxy) is 1. The molecule has 1 aromatic carbocycles. The molecule has 0 bridgehead atoms. The Morgan fingerprint density at radius 1 is 1.43 bits per heavy atom. The van der Waals surface area contributed by atoms with Gasteiger partial charge in [-0.25, -0.2) is 4.79 Å². The molecule has 0 aliphatic heterocycles. The smallest absolute Gasteiger partial charge is 0.338 e. The summed E-state index contributed by atoms with van der Waals surface area (Å²) in [6, 6.07) is 6.89. The summed E-state index contributed by atoms with van der Waals surface area (Å²) in [7, 11) is 0. The maximum Gasteiger partial charge on any atom is 0.338 e. The van der Waals surface area contributed by atoms with Crippen molar-refractivity contribution in [2.24, 2.45) is 0 Å². The lowest BCUT2D eigenvalue weighted by Crippen LogP contribution is -2.08. The number of carbonyl (C=O) groups excluding carboxylic acids is 1. The van der Waals surface area contributed by atoms with E-state index < -0.39 is 5.97 Å². The van der Waals surface area contributed by atoms with Crippen molar-refractivity contribution >= 4 is 12.0 Å². The van der Waals surface area contributed by atoms with Crippen LogP contribution in [0.25, 0.3) is 6.08 Å². The van der Waals surface area contributed by atoms with Crippen molar-refractivity contribution in [3.05, 3.63) is 42.0 Å². The minimum atomic E-state index is -0.422. The molecule has 0 aliphatic rings. The third-order valence-electron chi connectivity index (χ3n) is 1.71. The second-order valence-electron chi connectivity index (χ2n) is 2.69. The van der Waals surface area contributed by atoms with Crippen LogP contribution in [-0.2, 0) is 4.74 Å². The van der Waals surface area contributed by atoms with E-state index in [0.717, 1.165) is 5.56 Å². The van der Waals surface area contributed by atoms with Crippen LogP contribution in [-0.4, -0.2) is 24.3 Å². The highest BCUT2D eigenvalue weighted by Gasteiger charge is 2.05. The van der Waals surface area contributed by atoms with Gasteiger partial charge in [-0.2, -0.15) is 0 Å². The monoisotopic (exact) mass is 192 g/mol. The average Bonchev–Trinajstić information content (AvgIpc) is 2.26. The van der Waals surface area contributed by atoms with Gasteiger partial charge >= 0.3 is 5.97 Å². The normalized spacial score (nSPS) is 9.50. The van der Waals surface area contributed by atoms with E-state index in [4.69, 9.17) is 9.84 Å².